The number of hydrogen-bond donors (Lipinski definition) is 0. The summed E-state index contributed by atoms with van der Waals surface area (Å²) in [6.45, 7) is 10.8. The molecule has 1 aliphatic carbocycles. The van der Waals surface area contributed by atoms with Crippen molar-refractivity contribution in [1.29, 1.82) is 0 Å². The van der Waals surface area contributed by atoms with Gasteiger partial charge in [0.15, 0.2) is 0 Å². The van der Waals surface area contributed by atoms with Crippen molar-refractivity contribution in [2.75, 3.05) is 6.54 Å². The molecule has 1 nitrogen and oxygen atoms in total. The van der Waals surface area contributed by atoms with Gasteiger partial charge in [-0.3, -0.25) is 4.90 Å². The Morgan fingerprint density at radius 2 is 1.75 bits per heavy atom. The van der Waals surface area contributed by atoms with Crippen molar-refractivity contribution >= 4 is 0 Å². The molecule has 0 radical (unpaired) electrons. The highest BCUT2D eigenvalue weighted by Crippen LogP contribution is 2.56. The monoisotopic (exact) mass is 167 g/mol. The van der Waals surface area contributed by atoms with Crippen molar-refractivity contribution in [2.24, 2.45) is 5.41 Å². The standard InChI is InChI=1S/C11H21N/c1-9(2)12-8-10(3,4)7-11(12)5-6-11/h9H,5-8H2,1-4H3. The second kappa shape index (κ2) is 2.25. The molecule has 1 saturated heterocycles. The van der Waals surface area contributed by atoms with Crippen LogP contribution in [0.1, 0.15) is 47.0 Å². The van der Waals surface area contributed by atoms with Crippen molar-refractivity contribution in [3.63, 3.8) is 0 Å². The molecular weight excluding hydrogens is 146 g/mol. The van der Waals surface area contributed by atoms with Crippen LogP contribution in [-0.4, -0.2) is 23.0 Å². The van der Waals surface area contributed by atoms with Gasteiger partial charge in [-0.1, -0.05) is 13.8 Å². The van der Waals surface area contributed by atoms with Crippen LogP contribution in [0.5, 0.6) is 0 Å². The van der Waals surface area contributed by atoms with Crippen LogP contribution in [0.25, 0.3) is 0 Å². The summed E-state index contributed by atoms with van der Waals surface area (Å²) in [5.41, 5.74) is 1.22. The van der Waals surface area contributed by atoms with E-state index < -0.39 is 0 Å². The van der Waals surface area contributed by atoms with Gasteiger partial charge < -0.3 is 0 Å². The lowest BCUT2D eigenvalue weighted by molar-refractivity contribution is 0.179. The molecule has 1 spiro atoms. The van der Waals surface area contributed by atoms with Crippen molar-refractivity contribution in [2.45, 2.75) is 58.5 Å². The topological polar surface area (TPSA) is 3.24 Å². The maximum atomic E-state index is 2.73. The summed E-state index contributed by atoms with van der Waals surface area (Å²) in [6, 6.07) is 0.745. The van der Waals surface area contributed by atoms with Crippen LogP contribution in [0.15, 0.2) is 0 Å². The average Bonchev–Trinajstić information content (AvgIpc) is 2.56. The summed E-state index contributed by atoms with van der Waals surface area (Å²) in [5, 5.41) is 0. The minimum atomic E-state index is 0.570. The summed E-state index contributed by atoms with van der Waals surface area (Å²) in [7, 11) is 0. The van der Waals surface area contributed by atoms with Gasteiger partial charge in [0.05, 0.1) is 0 Å². The van der Waals surface area contributed by atoms with E-state index in [1.54, 1.807) is 0 Å². The van der Waals surface area contributed by atoms with Crippen molar-refractivity contribution < 1.29 is 0 Å². The molecule has 1 heteroatoms. The quantitative estimate of drug-likeness (QED) is 0.580. The minimum absolute atomic E-state index is 0.570. The SMILES string of the molecule is CC(C)N1CC(C)(C)CC12CC2. The summed E-state index contributed by atoms with van der Waals surface area (Å²) >= 11 is 0. The van der Waals surface area contributed by atoms with E-state index in [9.17, 15) is 0 Å². The van der Waals surface area contributed by atoms with Crippen molar-refractivity contribution in [3.05, 3.63) is 0 Å². The van der Waals surface area contributed by atoms with Gasteiger partial charge in [-0.2, -0.15) is 0 Å². The largest absolute Gasteiger partial charge is 0.295 e. The summed E-state index contributed by atoms with van der Waals surface area (Å²) in [6.07, 6.45) is 4.33. The Balaban J connectivity index is 2.15. The molecule has 0 aromatic carbocycles. The third-order valence-electron chi connectivity index (χ3n) is 3.47. The Hall–Kier alpha value is -0.0400. The second-order valence-electron chi connectivity index (χ2n) is 5.79. The maximum absolute atomic E-state index is 2.73. The van der Waals surface area contributed by atoms with E-state index in [-0.39, 0.29) is 0 Å². The van der Waals surface area contributed by atoms with Crippen molar-refractivity contribution in [3.8, 4) is 0 Å². The lowest BCUT2D eigenvalue weighted by atomic mass is 9.90. The molecular formula is C11H21N. The second-order valence-corrected chi connectivity index (χ2v) is 5.79. The molecule has 2 rings (SSSR count). The first-order valence-corrected chi connectivity index (χ1v) is 5.22. The molecule has 0 amide bonds. The van der Waals surface area contributed by atoms with Gasteiger partial charge in [0.2, 0.25) is 0 Å². The number of nitrogens with zero attached hydrogens (tertiary/aromatic N) is 1. The van der Waals surface area contributed by atoms with E-state index in [1.807, 2.05) is 0 Å². The van der Waals surface area contributed by atoms with E-state index in [1.165, 1.54) is 25.8 Å². The zero-order valence-electron chi connectivity index (χ0n) is 8.85. The minimum Gasteiger partial charge on any atom is -0.295 e. The van der Waals surface area contributed by atoms with Crippen LogP contribution < -0.4 is 0 Å². The predicted octanol–water partition coefficient (Wildman–Crippen LogP) is 2.66. The fourth-order valence-corrected chi connectivity index (χ4v) is 3.02. The molecule has 0 unspecified atom stereocenters. The van der Waals surface area contributed by atoms with Gasteiger partial charge in [0, 0.05) is 18.1 Å². The van der Waals surface area contributed by atoms with Crippen LogP contribution in [0.2, 0.25) is 0 Å². The maximum Gasteiger partial charge on any atom is 0.0219 e. The van der Waals surface area contributed by atoms with Crippen LogP contribution in [0.4, 0.5) is 0 Å². The smallest absolute Gasteiger partial charge is 0.0219 e. The molecule has 0 bridgehead atoms. The number of rotatable bonds is 1. The zero-order chi connectivity index (χ0) is 8.98. The summed E-state index contributed by atoms with van der Waals surface area (Å²) in [4.78, 5) is 2.73. The Labute approximate surface area is 76.1 Å². The molecule has 1 saturated carbocycles. The third kappa shape index (κ3) is 1.19. The molecule has 2 aliphatic rings. The Morgan fingerprint density at radius 1 is 1.17 bits per heavy atom. The van der Waals surface area contributed by atoms with Gasteiger partial charge in [-0.25, -0.2) is 0 Å². The van der Waals surface area contributed by atoms with Crippen LogP contribution >= 0.6 is 0 Å². The lowest BCUT2D eigenvalue weighted by Crippen LogP contribution is -2.37. The summed E-state index contributed by atoms with van der Waals surface area (Å²) in [5.74, 6) is 0. The first-order valence-electron chi connectivity index (χ1n) is 5.22. The average molecular weight is 167 g/mol. The fourth-order valence-electron chi connectivity index (χ4n) is 3.02. The van der Waals surface area contributed by atoms with Gasteiger partial charge >= 0.3 is 0 Å². The molecule has 12 heavy (non-hydrogen) atoms. The fraction of sp³-hybridized carbons (Fsp3) is 1.00. The molecule has 2 fully saturated rings. The van der Waals surface area contributed by atoms with Crippen molar-refractivity contribution in [1.82, 2.24) is 4.90 Å². The Bertz CT molecular complexity index is 189. The van der Waals surface area contributed by atoms with Gasteiger partial charge in [-0.05, 0) is 38.5 Å². The van der Waals surface area contributed by atoms with E-state index in [4.69, 9.17) is 0 Å². The van der Waals surface area contributed by atoms with E-state index in [2.05, 4.69) is 32.6 Å². The van der Waals surface area contributed by atoms with E-state index in [0.717, 1.165) is 6.04 Å². The van der Waals surface area contributed by atoms with Gasteiger partial charge in [-0.15, -0.1) is 0 Å². The molecule has 1 aliphatic heterocycles. The predicted molar refractivity (Wildman–Crippen MR) is 52.2 cm³/mol. The third-order valence-corrected chi connectivity index (χ3v) is 3.47. The highest BCUT2D eigenvalue weighted by molar-refractivity contribution is 5.12. The van der Waals surface area contributed by atoms with E-state index >= 15 is 0 Å². The molecule has 70 valence electrons. The molecule has 0 aromatic heterocycles. The number of hydrogen-bond acceptors (Lipinski definition) is 1. The highest BCUT2D eigenvalue weighted by Gasteiger charge is 2.56. The highest BCUT2D eigenvalue weighted by atomic mass is 15.3. The number of likely N-dealkylation sites (tertiary alicyclic amines) is 1. The Kier molecular flexibility index (Phi) is 1.61. The first-order chi connectivity index (χ1) is 5.45. The molecule has 1 heterocycles. The first kappa shape index (κ1) is 8.55. The van der Waals surface area contributed by atoms with Crippen LogP contribution in [0.3, 0.4) is 0 Å². The molecule has 0 N–H and O–H groups in total. The summed E-state index contributed by atoms with van der Waals surface area (Å²) < 4.78 is 0. The van der Waals surface area contributed by atoms with E-state index in [0.29, 0.717) is 11.0 Å². The molecule has 0 aromatic rings. The normalized spacial score (nSPS) is 31.8. The van der Waals surface area contributed by atoms with Gasteiger partial charge in [0.1, 0.15) is 0 Å². The lowest BCUT2D eigenvalue weighted by Gasteiger charge is -2.28. The van der Waals surface area contributed by atoms with Gasteiger partial charge in [0.25, 0.3) is 0 Å². The van der Waals surface area contributed by atoms with Crippen LogP contribution in [-0.2, 0) is 0 Å². The Morgan fingerprint density at radius 3 is 2.08 bits per heavy atom. The van der Waals surface area contributed by atoms with Crippen LogP contribution in [0, 0.1) is 5.41 Å². The zero-order valence-corrected chi connectivity index (χ0v) is 8.85. The molecule has 0 atom stereocenters.